The van der Waals surface area contributed by atoms with E-state index in [1.807, 2.05) is 24.3 Å². The van der Waals surface area contributed by atoms with Crippen LogP contribution in [0, 0.1) is 0 Å². The highest BCUT2D eigenvalue weighted by Gasteiger charge is 2.12. The number of rotatable bonds is 0. The number of pyridine rings is 1. The van der Waals surface area contributed by atoms with Crippen LogP contribution in [-0.4, -0.2) is 11.2 Å². The molecular formula is C11H10ClNO2. The summed E-state index contributed by atoms with van der Waals surface area (Å²) in [6, 6.07) is 9.28. The third kappa shape index (κ3) is 1.39. The van der Waals surface area contributed by atoms with Gasteiger partial charge in [0.05, 0.1) is 12.1 Å². The van der Waals surface area contributed by atoms with E-state index in [0.29, 0.717) is 13.2 Å². The third-order valence-electron chi connectivity index (χ3n) is 2.54. The van der Waals surface area contributed by atoms with Gasteiger partial charge in [0.1, 0.15) is 12.4 Å². The Morgan fingerprint density at radius 2 is 2.07 bits per heavy atom. The van der Waals surface area contributed by atoms with Crippen LogP contribution in [-0.2, 0) is 6.54 Å². The lowest BCUT2D eigenvalue weighted by atomic mass is 10.2. The minimum absolute atomic E-state index is 0. The zero-order chi connectivity index (χ0) is 9.54. The molecule has 1 aromatic heterocycles. The SMILES string of the molecule is Cl.O=c1ccc2cccc3c2n1CCO3. The lowest BCUT2D eigenvalue weighted by Crippen LogP contribution is -2.26. The van der Waals surface area contributed by atoms with Crippen LogP contribution in [0.4, 0.5) is 0 Å². The normalized spacial score (nSPS) is 13.1. The molecule has 0 N–H and O–H groups in total. The number of halogens is 1. The summed E-state index contributed by atoms with van der Waals surface area (Å²) in [5, 5.41) is 1.06. The van der Waals surface area contributed by atoms with Crippen molar-refractivity contribution in [3.8, 4) is 5.75 Å². The Labute approximate surface area is 92.7 Å². The van der Waals surface area contributed by atoms with Crippen molar-refractivity contribution in [3.63, 3.8) is 0 Å². The van der Waals surface area contributed by atoms with Crippen LogP contribution in [0.3, 0.4) is 0 Å². The molecule has 0 saturated carbocycles. The van der Waals surface area contributed by atoms with Crippen LogP contribution >= 0.6 is 12.4 Å². The van der Waals surface area contributed by atoms with Crippen molar-refractivity contribution >= 4 is 23.3 Å². The average Bonchev–Trinajstić information content (AvgIpc) is 2.24. The van der Waals surface area contributed by atoms with E-state index in [9.17, 15) is 4.79 Å². The summed E-state index contributed by atoms with van der Waals surface area (Å²) in [4.78, 5) is 11.6. The number of nitrogens with zero attached hydrogens (tertiary/aromatic N) is 1. The maximum atomic E-state index is 11.6. The first-order valence-corrected chi connectivity index (χ1v) is 4.62. The predicted octanol–water partition coefficient (Wildman–Crippen LogP) is 1.82. The Bertz CT molecular complexity index is 562. The van der Waals surface area contributed by atoms with Crippen LogP contribution < -0.4 is 10.3 Å². The van der Waals surface area contributed by atoms with Gasteiger partial charge in [0, 0.05) is 11.5 Å². The Morgan fingerprint density at radius 1 is 1.20 bits per heavy atom. The van der Waals surface area contributed by atoms with E-state index in [2.05, 4.69) is 0 Å². The van der Waals surface area contributed by atoms with E-state index in [0.717, 1.165) is 16.7 Å². The molecule has 1 aliphatic heterocycles. The lowest BCUT2D eigenvalue weighted by Gasteiger charge is -2.19. The molecule has 0 fully saturated rings. The van der Waals surface area contributed by atoms with Gasteiger partial charge >= 0.3 is 0 Å². The van der Waals surface area contributed by atoms with Gasteiger partial charge in [0.15, 0.2) is 0 Å². The molecule has 4 heteroatoms. The van der Waals surface area contributed by atoms with Gasteiger partial charge in [-0.2, -0.15) is 0 Å². The van der Waals surface area contributed by atoms with Gasteiger partial charge in [-0.05, 0) is 12.1 Å². The first kappa shape index (κ1) is 10.1. The molecule has 0 atom stereocenters. The predicted molar refractivity (Wildman–Crippen MR) is 61.0 cm³/mol. The Morgan fingerprint density at radius 3 is 2.93 bits per heavy atom. The lowest BCUT2D eigenvalue weighted by molar-refractivity contribution is 0.284. The zero-order valence-electron chi connectivity index (χ0n) is 7.97. The second-order valence-electron chi connectivity index (χ2n) is 3.37. The Kier molecular flexibility index (Phi) is 2.40. The van der Waals surface area contributed by atoms with Crippen molar-refractivity contribution in [3.05, 3.63) is 40.7 Å². The van der Waals surface area contributed by atoms with Crippen molar-refractivity contribution in [1.29, 1.82) is 0 Å². The Hall–Kier alpha value is -1.48. The highest BCUT2D eigenvalue weighted by Crippen LogP contribution is 2.26. The number of hydrogen-bond donors (Lipinski definition) is 0. The molecule has 3 nitrogen and oxygen atoms in total. The van der Waals surface area contributed by atoms with Gasteiger partial charge in [-0.25, -0.2) is 0 Å². The van der Waals surface area contributed by atoms with E-state index in [1.54, 1.807) is 10.6 Å². The summed E-state index contributed by atoms with van der Waals surface area (Å²) in [7, 11) is 0. The molecule has 3 rings (SSSR count). The molecule has 0 bridgehead atoms. The monoisotopic (exact) mass is 223 g/mol. The van der Waals surface area contributed by atoms with Gasteiger partial charge < -0.3 is 9.30 Å². The molecule has 15 heavy (non-hydrogen) atoms. The van der Waals surface area contributed by atoms with Gasteiger partial charge in [-0.3, -0.25) is 4.79 Å². The van der Waals surface area contributed by atoms with Crippen molar-refractivity contribution < 1.29 is 4.74 Å². The van der Waals surface area contributed by atoms with Crippen LogP contribution in [0.1, 0.15) is 0 Å². The van der Waals surface area contributed by atoms with E-state index in [-0.39, 0.29) is 18.0 Å². The van der Waals surface area contributed by atoms with Crippen molar-refractivity contribution in [2.24, 2.45) is 0 Å². The van der Waals surface area contributed by atoms with Crippen LogP contribution in [0.25, 0.3) is 10.9 Å². The topological polar surface area (TPSA) is 31.2 Å². The molecule has 0 radical (unpaired) electrons. The third-order valence-corrected chi connectivity index (χ3v) is 2.54. The number of aromatic nitrogens is 1. The molecular weight excluding hydrogens is 214 g/mol. The smallest absolute Gasteiger partial charge is 0.251 e. The van der Waals surface area contributed by atoms with E-state index < -0.39 is 0 Å². The molecule has 0 aliphatic carbocycles. The fourth-order valence-corrected chi connectivity index (χ4v) is 1.91. The molecule has 0 unspecified atom stereocenters. The number of hydrogen-bond acceptors (Lipinski definition) is 2. The first-order chi connectivity index (χ1) is 6.86. The van der Waals surface area contributed by atoms with Gasteiger partial charge in [-0.1, -0.05) is 12.1 Å². The largest absolute Gasteiger partial charge is 0.490 e. The second kappa shape index (κ2) is 3.59. The molecule has 0 saturated heterocycles. The summed E-state index contributed by atoms with van der Waals surface area (Å²) in [5.74, 6) is 0.812. The van der Waals surface area contributed by atoms with Crippen LogP contribution in [0.15, 0.2) is 35.1 Å². The summed E-state index contributed by atoms with van der Waals surface area (Å²) in [6.07, 6.45) is 0. The zero-order valence-corrected chi connectivity index (χ0v) is 8.79. The number of para-hydroxylation sites is 1. The maximum Gasteiger partial charge on any atom is 0.251 e. The van der Waals surface area contributed by atoms with E-state index >= 15 is 0 Å². The first-order valence-electron chi connectivity index (χ1n) is 4.62. The molecule has 2 aromatic rings. The second-order valence-corrected chi connectivity index (χ2v) is 3.37. The molecule has 0 amide bonds. The molecule has 2 heterocycles. The van der Waals surface area contributed by atoms with Crippen molar-refractivity contribution in [2.75, 3.05) is 6.61 Å². The molecule has 0 spiro atoms. The minimum Gasteiger partial charge on any atom is -0.490 e. The van der Waals surface area contributed by atoms with E-state index in [4.69, 9.17) is 4.74 Å². The molecule has 78 valence electrons. The quantitative estimate of drug-likeness (QED) is 0.682. The summed E-state index contributed by atoms with van der Waals surface area (Å²) in [5.41, 5.74) is 0.972. The van der Waals surface area contributed by atoms with Gasteiger partial charge in [0.2, 0.25) is 0 Å². The van der Waals surface area contributed by atoms with Crippen LogP contribution in [0.2, 0.25) is 0 Å². The molecule has 1 aliphatic rings. The highest BCUT2D eigenvalue weighted by molar-refractivity contribution is 5.85. The highest BCUT2D eigenvalue weighted by atomic mass is 35.5. The summed E-state index contributed by atoms with van der Waals surface area (Å²) in [6.45, 7) is 1.23. The maximum absolute atomic E-state index is 11.6. The van der Waals surface area contributed by atoms with E-state index in [1.165, 1.54) is 0 Å². The molecule has 1 aromatic carbocycles. The summed E-state index contributed by atoms with van der Waals surface area (Å²) >= 11 is 0. The fourth-order valence-electron chi connectivity index (χ4n) is 1.91. The van der Waals surface area contributed by atoms with Crippen molar-refractivity contribution in [1.82, 2.24) is 4.57 Å². The standard InChI is InChI=1S/C11H9NO2.ClH/c13-10-5-4-8-2-1-3-9-11(8)12(10)6-7-14-9;/h1-5H,6-7H2;1H. The van der Waals surface area contributed by atoms with Crippen LogP contribution in [0.5, 0.6) is 5.75 Å². The van der Waals surface area contributed by atoms with Gasteiger partial charge in [0.25, 0.3) is 5.56 Å². The van der Waals surface area contributed by atoms with Gasteiger partial charge in [-0.15, -0.1) is 12.4 Å². The summed E-state index contributed by atoms with van der Waals surface area (Å²) < 4.78 is 7.26. The fraction of sp³-hybridized carbons (Fsp3) is 0.182. The Balaban J connectivity index is 0.000000853. The van der Waals surface area contributed by atoms with Crippen molar-refractivity contribution in [2.45, 2.75) is 6.54 Å². The average molecular weight is 224 g/mol. The number of benzene rings is 1. The number of ether oxygens (including phenoxy) is 1. The minimum atomic E-state index is 0.